The Balaban J connectivity index is -0.000000176. The molecular formula is C34H68N2O8Pt. The number of nitrogens with two attached hydrogens (primary N) is 2. The van der Waals surface area contributed by atoms with Crippen LogP contribution in [0.25, 0.3) is 12.3 Å². The maximum absolute atomic E-state index is 10.4. The minimum Gasteiger partial charge on any atom is -0.693 e. The summed E-state index contributed by atoms with van der Waals surface area (Å²) in [6, 6.07) is 0. The molecule has 10 nitrogen and oxygen atoms in total. The number of hydrogen-bond acceptors (Lipinski definition) is 4. The Morgan fingerprint density at radius 1 is 0.444 bits per heavy atom. The predicted octanol–water partition coefficient (Wildman–Crippen LogP) is 11.3. The molecule has 0 aromatic rings. The molecule has 0 spiro atoms. The number of carbonyl (C=O) groups is 4. The van der Waals surface area contributed by atoms with Gasteiger partial charge in [-0.2, -0.15) is 0 Å². The molecule has 1 fully saturated rings. The topological polar surface area (TPSA) is 216 Å². The van der Waals surface area contributed by atoms with Crippen molar-refractivity contribution in [2.45, 2.75) is 187 Å². The summed E-state index contributed by atoms with van der Waals surface area (Å²) in [6.07, 6.45) is 30.0. The van der Waals surface area contributed by atoms with Gasteiger partial charge in [0.1, 0.15) is 0 Å². The first kappa shape index (κ1) is 53.0. The number of carboxylic acid groups (broad SMARTS) is 4. The second-order valence-electron chi connectivity index (χ2n) is 11.9. The third-order valence-electron chi connectivity index (χ3n) is 8.01. The van der Waals surface area contributed by atoms with E-state index >= 15 is 0 Å². The zero-order valence-electron chi connectivity index (χ0n) is 28.5. The average Bonchev–Trinajstić information content (AvgIpc) is 2.89. The van der Waals surface area contributed by atoms with Crippen LogP contribution in [0.4, 0.5) is 0 Å². The smallest absolute Gasteiger partial charge is 0.693 e. The van der Waals surface area contributed by atoms with E-state index in [1.165, 1.54) is 116 Å². The summed E-state index contributed by atoms with van der Waals surface area (Å²) in [6.45, 7) is 4.49. The fourth-order valence-electron chi connectivity index (χ4n) is 4.93. The van der Waals surface area contributed by atoms with E-state index in [9.17, 15) is 19.2 Å². The minimum absolute atomic E-state index is 0. The maximum Gasteiger partial charge on any atom is 2.00 e. The van der Waals surface area contributed by atoms with Crippen LogP contribution in [0.5, 0.6) is 0 Å². The molecule has 1 rings (SSSR count). The third kappa shape index (κ3) is 35.2. The molecule has 0 atom stereocenters. The van der Waals surface area contributed by atoms with Crippen molar-refractivity contribution in [1.82, 2.24) is 0 Å². The summed E-state index contributed by atoms with van der Waals surface area (Å²) < 4.78 is 0. The Labute approximate surface area is 288 Å². The Morgan fingerprint density at radius 3 is 0.800 bits per heavy atom. The summed E-state index contributed by atoms with van der Waals surface area (Å²) in [7, 11) is 0. The molecule has 0 aromatic heterocycles. The van der Waals surface area contributed by atoms with Gasteiger partial charge in [0, 0.05) is 12.8 Å². The number of unbranched alkanes of at least 4 members (excludes halogenated alkanes) is 20. The van der Waals surface area contributed by atoms with E-state index in [1.54, 1.807) is 0 Å². The molecule has 0 aromatic carbocycles. The molecule has 0 bridgehead atoms. The molecule has 1 saturated carbocycles. The fourth-order valence-corrected chi connectivity index (χ4v) is 4.93. The van der Waals surface area contributed by atoms with E-state index in [0.29, 0.717) is 19.3 Å². The van der Waals surface area contributed by atoms with Gasteiger partial charge in [0.15, 0.2) is 5.41 Å². The van der Waals surface area contributed by atoms with Crippen molar-refractivity contribution < 1.29 is 60.7 Å². The van der Waals surface area contributed by atoms with Gasteiger partial charge in [0.05, 0.1) is 0 Å². The summed E-state index contributed by atoms with van der Waals surface area (Å²) >= 11 is 0. The molecule has 0 radical (unpaired) electrons. The normalized spacial score (nSPS) is 12.2. The summed E-state index contributed by atoms with van der Waals surface area (Å²) in [5.74, 6) is -3.72. The van der Waals surface area contributed by atoms with Gasteiger partial charge in [0.25, 0.3) is 0 Å². The quantitative estimate of drug-likeness (QED) is 0.0484. The van der Waals surface area contributed by atoms with Gasteiger partial charge >= 0.3 is 44.9 Å². The van der Waals surface area contributed by atoms with Gasteiger partial charge in [-0.15, -0.1) is 0 Å². The van der Waals surface area contributed by atoms with E-state index in [1.807, 2.05) is 0 Å². The van der Waals surface area contributed by atoms with Crippen LogP contribution in [0.2, 0.25) is 0 Å². The molecule has 272 valence electrons. The Bertz CT molecular complexity index is 639. The zero-order valence-corrected chi connectivity index (χ0v) is 30.8. The molecule has 0 amide bonds. The number of rotatable bonds is 26. The SMILES string of the molecule is CCCCCCCCCCCCCC(=O)O.CCCCCCCCCCCCCC(=O)O.O=C(O)C1(C(=O)O)CCC1.[NH2-].[NH2-].[Pt+2]. The molecule has 0 aliphatic heterocycles. The Kier molecular flexibility index (Phi) is 45.5. The third-order valence-corrected chi connectivity index (χ3v) is 8.01. The van der Waals surface area contributed by atoms with Crippen LogP contribution in [0.15, 0.2) is 0 Å². The molecule has 45 heavy (non-hydrogen) atoms. The number of carboxylic acids is 4. The summed E-state index contributed by atoms with van der Waals surface area (Å²) in [5.41, 5.74) is -1.44. The molecule has 8 N–H and O–H groups in total. The summed E-state index contributed by atoms with van der Waals surface area (Å²) in [4.78, 5) is 41.2. The van der Waals surface area contributed by atoms with Crippen molar-refractivity contribution in [2.75, 3.05) is 0 Å². The molecule has 1 aliphatic carbocycles. The molecule has 0 heterocycles. The van der Waals surface area contributed by atoms with Crippen LogP contribution in [-0.2, 0) is 40.2 Å². The fraction of sp³-hybridized carbons (Fsp3) is 0.882. The molecule has 11 heteroatoms. The Hall–Kier alpha value is -1.51. The van der Waals surface area contributed by atoms with E-state index in [-0.39, 0.29) is 46.2 Å². The van der Waals surface area contributed by atoms with Crippen molar-refractivity contribution in [3.63, 3.8) is 0 Å². The first-order valence-electron chi connectivity index (χ1n) is 17.0. The first-order chi connectivity index (χ1) is 20.1. The van der Waals surface area contributed by atoms with E-state index < -0.39 is 29.3 Å². The second kappa shape index (κ2) is 38.7. The van der Waals surface area contributed by atoms with Crippen molar-refractivity contribution in [3.8, 4) is 0 Å². The van der Waals surface area contributed by atoms with E-state index in [2.05, 4.69) is 13.8 Å². The largest absolute Gasteiger partial charge is 2.00 e. The van der Waals surface area contributed by atoms with E-state index in [0.717, 1.165) is 25.7 Å². The van der Waals surface area contributed by atoms with Crippen LogP contribution in [0.1, 0.15) is 187 Å². The predicted molar refractivity (Wildman–Crippen MR) is 180 cm³/mol. The zero-order chi connectivity index (χ0) is 31.9. The van der Waals surface area contributed by atoms with Crippen molar-refractivity contribution >= 4 is 23.9 Å². The minimum atomic E-state index is -1.44. The van der Waals surface area contributed by atoms with Crippen molar-refractivity contribution in [1.29, 1.82) is 0 Å². The molecule has 1 aliphatic rings. The van der Waals surface area contributed by atoms with Crippen LogP contribution in [0.3, 0.4) is 0 Å². The van der Waals surface area contributed by atoms with Gasteiger partial charge in [-0.25, -0.2) is 0 Å². The molecule has 0 unspecified atom stereocenters. The van der Waals surface area contributed by atoms with Crippen LogP contribution in [0, 0.1) is 5.41 Å². The van der Waals surface area contributed by atoms with Gasteiger partial charge in [-0.1, -0.05) is 142 Å². The summed E-state index contributed by atoms with van der Waals surface area (Å²) in [5, 5.41) is 33.9. The molecular weight excluding hydrogens is 759 g/mol. The van der Waals surface area contributed by atoms with E-state index in [4.69, 9.17) is 20.4 Å². The van der Waals surface area contributed by atoms with Crippen LogP contribution < -0.4 is 0 Å². The van der Waals surface area contributed by atoms with Gasteiger partial charge in [-0.05, 0) is 32.1 Å². The number of aliphatic carboxylic acids is 4. The monoisotopic (exact) mass is 827 g/mol. The van der Waals surface area contributed by atoms with Gasteiger partial charge in [0.2, 0.25) is 0 Å². The maximum atomic E-state index is 10.4. The average molecular weight is 828 g/mol. The number of hydrogen-bond donors (Lipinski definition) is 4. The van der Waals surface area contributed by atoms with Crippen molar-refractivity contribution in [2.24, 2.45) is 5.41 Å². The van der Waals surface area contributed by atoms with Gasteiger partial charge in [-0.3, -0.25) is 19.2 Å². The second-order valence-corrected chi connectivity index (χ2v) is 11.9. The standard InChI is InChI=1S/2C14H28O2.C6H8O4.2H2N.Pt/c2*1-2-3-4-5-6-7-8-9-10-11-12-13-14(15)16;7-4(8)6(5(9)10)2-1-3-6;;;/h2*2-13H2,1H3,(H,15,16);1-3H2,(H,7,8)(H,9,10);2*1H2;/q;;;2*-1;+2. The Morgan fingerprint density at radius 2 is 0.667 bits per heavy atom. The first-order valence-corrected chi connectivity index (χ1v) is 17.0. The van der Waals surface area contributed by atoms with Crippen LogP contribution >= 0.6 is 0 Å². The van der Waals surface area contributed by atoms with Crippen molar-refractivity contribution in [3.05, 3.63) is 12.3 Å². The molecule has 0 saturated heterocycles. The van der Waals surface area contributed by atoms with Crippen LogP contribution in [-0.4, -0.2) is 44.3 Å². The van der Waals surface area contributed by atoms with Gasteiger partial charge < -0.3 is 32.7 Å².